The quantitative estimate of drug-likeness (QED) is 0.836. The van der Waals surface area contributed by atoms with Gasteiger partial charge in [0.15, 0.2) is 0 Å². The van der Waals surface area contributed by atoms with E-state index in [1.807, 2.05) is 6.92 Å². The van der Waals surface area contributed by atoms with Gasteiger partial charge in [-0.2, -0.15) is 4.37 Å². The molecule has 0 radical (unpaired) electrons. The van der Waals surface area contributed by atoms with Crippen molar-refractivity contribution in [1.29, 1.82) is 0 Å². The highest BCUT2D eigenvalue weighted by Crippen LogP contribution is 2.42. The molecule has 2 aliphatic rings. The Morgan fingerprint density at radius 2 is 2.65 bits per heavy atom. The Morgan fingerprint density at radius 3 is 3.24 bits per heavy atom. The molecule has 6 heteroatoms. The number of carboxylic acid groups (broad SMARTS) is 1. The van der Waals surface area contributed by atoms with Gasteiger partial charge in [-0.15, -0.1) is 0 Å². The van der Waals surface area contributed by atoms with Gasteiger partial charge in [0.2, 0.25) is 0 Å². The van der Waals surface area contributed by atoms with E-state index in [1.165, 1.54) is 11.5 Å². The molecule has 17 heavy (non-hydrogen) atoms. The number of carboxylic acids is 1. The summed E-state index contributed by atoms with van der Waals surface area (Å²) in [7, 11) is 0. The topological polar surface area (TPSA) is 65.5 Å². The van der Waals surface area contributed by atoms with E-state index in [1.54, 1.807) is 0 Å². The smallest absolute Gasteiger partial charge is 0.305 e. The highest BCUT2D eigenvalue weighted by Gasteiger charge is 2.52. The number of nitrogens with one attached hydrogen (secondary N) is 1. The molecule has 2 aliphatic heterocycles. The fourth-order valence-corrected chi connectivity index (χ4v) is 3.88. The third kappa shape index (κ3) is 1.71. The average molecular weight is 253 g/mol. The summed E-state index contributed by atoms with van der Waals surface area (Å²) < 4.78 is 4.29. The summed E-state index contributed by atoms with van der Waals surface area (Å²) in [6.45, 7) is 3.63. The normalized spacial score (nSPS) is 31.1. The van der Waals surface area contributed by atoms with Gasteiger partial charge in [0.1, 0.15) is 5.00 Å². The number of aromatic nitrogens is 1. The van der Waals surface area contributed by atoms with E-state index < -0.39 is 5.97 Å². The number of carbonyl (C=O) groups is 1. The molecule has 1 aromatic rings. The Bertz CT molecular complexity index is 461. The van der Waals surface area contributed by atoms with Gasteiger partial charge in [-0.3, -0.25) is 4.79 Å². The molecule has 92 valence electrons. The molecule has 3 heterocycles. The summed E-state index contributed by atoms with van der Waals surface area (Å²) >= 11 is 1.47. The van der Waals surface area contributed by atoms with Gasteiger partial charge in [-0.25, -0.2) is 0 Å². The largest absolute Gasteiger partial charge is 0.481 e. The van der Waals surface area contributed by atoms with Gasteiger partial charge in [0, 0.05) is 19.1 Å². The van der Waals surface area contributed by atoms with E-state index >= 15 is 0 Å². The monoisotopic (exact) mass is 253 g/mol. The van der Waals surface area contributed by atoms with E-state index in [0.29, 0.717) is 6.04 Å². The highest BCUT2D eigenvalue weighted by atomic mass is 32.1. The fourth-order valence-electron chi connectivity index (χ4n) is 3.00. The fraction of sp³-hybridized carbons (Fsp3) is 0.636. The van der Waals surface area contributed by atoms with Gasteiger partial charge >= 0.3 is 5.97 Å². The maximum atomic E-state index is 11.1. The van der Waals surface area contributed by atoms with Crippen LogP contribution in [0.2, 0.25) is 0 Å². The van der Waals surface area contributed by atoms with Crippen molar-refractivity contribution in [3.05, 3.63) is 11.8 Å². The number of aryl methyl sites for hydroxylation is 1. The predicted molar refractivity (Wildman–Crippen MR) is 65.6 cm³/mol. The van der Waals surface area contributed by atoms with Crippen molar-refractivity contribution in [2.75, 3.05) is 18.0 Å². The van der Waals surface area contributed by atoms with Crippen LogP contribution >= 0.6 is 11.5 Å². The Hall–Kier alpha value is -1.14. The van der Waals surface area contributed by atoms with Crippen molar-refractivity contribution in [1.82, 2.24) is 9.69 Å². The van der Waals surface area contributed by atoms with E-state index in [0.717, 1.165) is 30.2 Å². The van der Waals surface area contributed by atoms with Crippen molar-refractivity contribution in [2.24, 2.45) is 0 Å². The molecule has 2 bridgehead atoms. The van der Waals surface area contributed by atoms with Crippen molar-refractivity contribution >= 4 is 22.5 Å². The molecular formula is C11H15N3O2S. The Kier molecular flexibility index (Phi) is 2.38. The zero-order valence-corrected chi connectivity index (χ0v) is 10.5. The Morgan fingerprint density at radius 1 is 1.82 bits per heavy atom. The second-order valence-electron chi connectivity index (χ2n) is 4.99. The standard InChI is InChI=1S/C11H15N3O2S/c1-7-2-9(17-13-7)14-5-8-3-11(14,6-12-8)4-10(15)16/h2,8,12H,3-6H2,1H3,(H,15,16)/t8-,11-/m0/s1. The molecule has 2 saturated heterocycles. The SMILES string of the molecule is Cc1cc(N2C[C@@H]3C[C@]2(CC(=O)O)CN3)sn1. The van der Waals surface area contributed by atoms with Crippen molar-refractivity contribution in [3.63, 3.8) is 0 Å². The third-order valence-corrected chi connectivity index (χ3v) is 4.59. The van der Waals surface area contributed by atoms with Crippen molar-refractivity contribution in [2.45, 2.75) is 31.3 Å². The third-order valence-electron chi connectivity index (χ3n) is 3.68. The van der Waals surface area contributed by atoms with Crippen LogP contribution in [-0.2, 0) is 4.79 Å². The molecule has 0 saturated carbocycles. The lowest BCUT2D eigenvalue weighted by molar-refractivity contribution is -0.138. The Labute approximate surface area is 104 Å². The van der Waals surface area contributed by atoms with Crippen LogP contribution in [0.25, 0.3) is 0 Å². The van der Waals surface area contributed by atoms with Crippen LogP contribution < -0.4 is 10.2 Å². The van der Waals surface area contributed by atoms with Gasteiger partial charge in [-0.1, -0.05) is 0 Å². The molecule has 1 aromatic heterocycles. The summed E-state index contributed by atoms with van der Waals surface area (Å²) in [5, 5.41) is 13.6. The van der Waals surface area contributed by atoms with Gasteiger partial charge in [0.25, 0.3) is 0 Å². The Balaban J connectivity index is 1.92. The van der Waals surface area contributed by atoms with E-state index in [4.69, 9.17) is 5.11 Å². The number of aliphatic carboxylic acids is 1. The molecular weight excluding hydrogens is 238 g/mol. The van der Waals surface area contributed by atoms with Crippen molar-refractivity contribution < 1.29 is 9.90 Å². The minimum Gasteiger partial charge on any atom is -0.481 e. The van der Waals surface area contributed by atoms with Gasteiger partial charge in [0.05, 0.1) is 17.7 Å². The van der Waals surface area contributed by atoms with Crippen LogP contribution in [0.5, 0.6) is 0 Å². The molecule has 3 rings (SSSR count). The first kappa shape index (κ1) is 11.0. The van der Waals surface area contributed by atoms with E-state index in [2.05, 4.69) is 20.7 Å². The average Bonchev–Trinajstić information content (AvgIpc) is 2.89. The van der Waals surface area contributed by atoms with E-state index in [-0.39, 0.29) is 12.0 Å². The van der Waals surface area contributed by atoms with E-state index in [9.17, 15) is 4.79 Å². The summed E-state index contributed by atoms with van der Waals surface area (Å²) in [5.74, 6) is -0.722. The predicted octanol–water partition coefficient (Wildman–Crippen LogP) is 0.847. The number of anilines is 1. The number of rotatable bonds is 3. The summed E-state index contributed by atoms with van der Waals surface area (Å²) in [6, 6.07) is 2.48. The molecule has 0 unspecified atom stereocenters. The molecule has 2 atom stereocenters. The lowest BCUT2D eigenvalue weighted by Gasteiger charge is -2.38. The number of nitrogens with zero attached hydrogens (tertiary/aromatic N) is 2. The van der Waals surface area contributed by atoms with Crippen molar-refractivity contribution in [3.8, 4) is 0 Å². The highest BCUT2D eigenvalue weighted by molar-refractivity contribution is 7.10. The molecule has 0 aliphatic carbocycles. The second-order valence-corrected chi connectivity index (χ2v) is 5.78. The maximum Gasteiger partial charge on any atom is 0.305 e. The van der Waals surface area contributed by atoms with Gasteiger partial charge in [-0.05, 0) is 30.9 Å². The lowest BCUT2D eigenvalue weighted by atomic mass is 9.94. The lowest BCUT2D eigenvalue weighted by Crippen LogP contribution is -2.53. The molecule has 0 aromatic carbocycles. The van der Waals surface area contributed by atoms with Gasteiger partial charge < -0.3 is 15.3 Å². The second kappa shape index (κ2) is 3.68. The number of hydrogen-bond acceptors (Lipinski definition) is 5. The number of hydrogen-bond donors (Lipinski definition) is 2. The summed E-state index contributed by atoms with van der Waals surface area (Å²) in [6.07, 6.45) is 1.13. The zero-order valence-electron chi connectivity index (χ0n) is 9.64. The first-order valence-corrected chi connectivity index (χ1v) is 6.53. The molecule has 0 amide bonds. The van der Waals surface area contributed by atoms with Crippen LogP contribution in [0.1, 0.15) is 18.5 Å². The minimum absolute atomic E-state index is 0.202. The molecule has 5 nitrogen and oxygen atoms in total. The summed E-state index contributed by atoms with van der Waals surface area (Å²) in [4.78, 5) is 13.3. The first-order chi connectivity index (χ1) is 8.09. The number of fused-ring (bicyclic) bond motifs is 2. The maximum absolute atomic E-state index is 11.1. The summed E-state index contributed by atoms with van der Waals surface area (Å²) in [5.41, 5.74) is 0.765. The van der Waals surface area contributed by atoms with Crippen LogP contribution in [0.3, 0.4) is 0 Å². The molecule has 2 N–H and O–H groups in total. The van der Waals surface area contributed by atoms with Crippen LogP contribution in [-0.4, -0.2) is 40.1 Å². The zero-order chi connectivity index (χ0) is 12.0. The molecule has 2 fully saturated rings. The molecule has 0 spiro atoms. The van der Waals surface area contributed by atoms with Crippen LogP contribution in [0, 0.1) is 6.92 Å². The van der Waals surface area contributed by atoms with Crippen LogP contribution in [0.4, 0.5) is 5.00 Å². The minimum atomic E-state index is -0.722. The number of piperazine rings is 1. The first-order valence-electron chi connectivity index (χ1n) is 5.75. The van der Waals surface area contributed by atoms with Crippen LogP contribution in [0.15, 0.2) is 6.07 Å².